The van der Waals surface area contributed by atoms with Crippen molar-refractivity contribution in [3.05, 3.63) is 58.6 Å². The zero-order chi connectivity index (χ0) is 16.4. The Morgan fingerprint density at radius 3 is 2.74 bits per heavy atom. The van der Waals surface area contributed by atoms with Crippen molar-refractivity contribution in [1.82, 2.24) is 4.72 Å². The van der Waals surface area contributed by atoms with Gasteiger partial charge in [0.15, 0.2) is 0 Å². The van der Waals surface area contributed by atoms with Crippen LogP contribution in [-0.2, 0) is 27.8 Å². The maximum Gasteiger partial charge on any atom is 0.240 e. The number of carbonyl (C=O) groups excluding carboxylic acids is 1. The van der Waals surface area contributed by atoms with Crippen molar-refractivity contribution in [2.45, 2.75) is 24.3 Å². The van der Waals surface area contributed by atoms with Gasteiger partial charge in [0.1, 0.15) is 0 Å². The Morgan fingerprint density at radius 1 is 1.13 bits per heavy atom. The highest BCUT2D eigenvalue weighted by molar-refractivity contribution is 7.89. The molecule has 0 spiro atoms. The predicted octanol–water partition coefficient (Wildman–Crippen LogP) is 2.70. The molecule has 23 heavy (non-hydrogen) atoms. The smallest absolute Gasteiger partial charge is 0.240 e. The van der Waals surface area contributed by atoms with Crippen LogP contribution < -0.4 is 10.0 Å². The number of aryl methyl sites for hydroxylation is 1. The first-order valence-electron chi connectivity index (χ1n) is 7.11. The first-order chi connectivity index (χ1) is 10.9. The summed E-state index contributed by atoms with van der Waals surface area (Å²) in [6.07, 6.45) is 0.908. The van der Waals surface area contributed by atoms with Crippen LogP contribution in [0.1, 0.15) is 17.5 Å². The quantitative estimate of drug-likeness (QED) is 0.890. The van der Waals surface area contributed by atoms with Gasteiger partial charge in [0, 0.05) is 23.7 Å². The summed E-state index contributed by atoms with van der Waals surface area (Å²) in [6, 6.07) is 11.7. The maximum atomic E-state index is 12.4. The van der Waals surface area contributed by atoms with Crippen LogP contribution in [0.3, 0.4) is 0 Å². The summed E-state index contributed by atoms with van der Waals surface area (Å²) in [5.41, 5.74) is 2.29. The van der Waals surface area contributed by atoms with Gasteiger partial charge in [-0.05, 0) is 47.9 Å². The third-order valence-corrected chi connectivity index (χ3v) is 5.27. The van der Waals surface area contributed by atoms with Gasteiger partial charge in [-0.25, -0.2) is 13.1 Å². The molecule has 1 aliphatic rings. The SMILES string of the molecule is O=C1CCc2cc(S(=O)(=O)NCc3cccc(Cl)c3)ccc2N1. The molecule has 0 saturated carbocycles. The zero-order valence-corrected chi connectivity index (χ0v) is 13.7. The third-order valence-electron chi connectivity index (χ3n) is 3.64. The van der Waals surface area contributed by atoms with Crippen molar-refractivity contribution in [2.24, 2.45) is 0 Å². The fraction of sp³-hybridized carbons (Fsp3) is 0.188. The number of benzene rings is 2. The lowest BCUT2D eigenvalue weighted by atomic mass is 10.0. The molecule has 0 unspecified atom stereocenters. The van der Waals surface area contributed by atoms with Gasteiger partial charge in [-0.1, -0.05) is 23.7 Å². The summed E-state index contributed by atoms with van der Waals surface area (Å²) in [5, 5.41) is 3.30. The molecule has 2 N–H and O–H groups in total. The molecule has 0 fully saturated rings. The summed E-state index contributed by atoms with van der Waals surface area (Å²) in [6.45, 7) is 0.163. The number of hydrogen-bond donors (Lipinski definition) is 2. The van der Waals surface area contributed by atoms with Crippen LogP contribution in [0.2, 0.25) is 5.02 Å². The van der Waals surface area contributed by atoms with E-state index in [1.165, 1.54) is 6.07 Å². The molecule has 0 radical (unpaired) electrons. The van der Waals surface area contributed by atoms with E-state index >= 15 is 0 Å². The molecule has 0 aliphatic carbocycles. The standard InChI is InChI=1S/C16H15ClN2O3S/c17-13-3-1-2-11(8-13)10-18-23(21,22)14-5-6-15-12(9-14)4-7-16(20)19-15/h1-3,5-6,8-9,18H,4,7,10H2,(H,19,20). The second kappa shape index (κ2) is 6.31. The Labute approximate surface area is 139 Å². The van der Waals surface area contributed by atoms with Crippen LogP contribution in [0.4, 0.5) is 5.69 Å². The van der Waals surface area contributed by atoms with E-state index in [4.69, 9.17) is 11.6 Å². The average molecular weight is 351 g/mol. The van der Waals surface area contributed by atoms with Gasteiger partial charge in [0.2, 0.25) is 15.9 Å². The van der Waals surface area contributed by atoms with Gasteiger partial charge in [0.05, 0.1) is 4.90 Å². The number of nitrogens with one attached hydrogen (secondary N) is 2. The van der Waals surface area contributed by atoms with Crippen molar-refractivity contribution in [3.8, 4) is 0 Å². The molecule has 3 rings (SSSR count). The number of carbonyl (C=O) groups is 1. The number of halogens is 1. The van der Waals surface area contributed by atoms with Crippen LogP contribution in [-0.4, -0.2) is 14.3 Å². The second-order valence-electron chi connectivity index (χ2n) is 5.32. The van der Waals surface area contributed by atoms with E-state index in [2.05, 4.69) is 10.0 Å². The van der Waals surface area contributed by atoms with E-state index in [9.17, 15) is 13.2 Å². The minimum atomic E-state index is -3.62. The molecule has 0 atom stereocenters. The molecule has 5 nitrogen and oxygen atoms in total. The monoisotopic (exact) mass is 350 g/mol. The Balaban J connectivity index is 1.78. The molecule has 1 amide bonds. The molecule has 2 aromatic carbocycles. The number of rotatable bonds is 4. The van der Waals surface area contributed by atoms with E-state index in [-0.39, 0.29) is 17.3 Å². The number of fused-ring (bicyclic) bond motifs is 1. The largest absolute Gasteiger partial charge is 0.326 e. The predicted molar refractivity (Wildman–Crippen MR) is 88.9 cm³/mol. The average Bonchev–Trinajstić information content (AvgIpc) is 2.52. The minimum Gasteiger partial charge on any atom is -0.326 e. The van der Waals surface area contributed by atoms with Crippen LogP contribution >= 0.6 is 11.6 Å². The van der Waals surface area contributed by atoms with Crippen molar-refractivity contribution >= 4 is 33.2 Å². The van der Waals surface area contributed by atoms with Crippen LogP contribution in [0.25, 0.3) is 0 Å². The Morgan fingerprint density at radius 2 is 1.96 bits per heavy atom. The first-order valence-corrected chi connectivity index (χ1v) is 8.97. The summed E-state index contributed by atoms with van der Waals surface area (Å²) < 4.78 is 27.4. The van der Waals surface area contributed by atoms with Gasteiger partial charge < -0.3 is 5.32 Å². The Kier molecular flexibility index (Phi) is 4.39. The molecule has 1 aliphatic heterocycles. The van der Waals surface area contributed by atoms with E-state index in [0.717, 1.165) is 11.1 Å². The van der Waals surface area contributed by atoms with E-state index in [1.807, 2.05) is 0 Å². The highest BCUT2D eigenvalue weighted by Gasteiger charge is 2.19. The van der Waals surface area contributed by atoms with Gasteiger partial charge in [0.25, 0.3) is 0 Å². The van der Waals surface area contributed by atoms with Gasteiger partial charge in [-0.2, -0.15) is 0 Å². The third kappa shape index (κ3) is 3.72. The van der Waals surface area contributed by atoms with Gasteiger partial charge in [-0.15, -0.1) is 0 Å². The maximum absolute atomic E-state index is 12.4. The topological polar surface area (TPSA) is 75.3 Å². The molecule has 1 heterocycles. The van der Waals surface area contributed by atoms with Crippen molar-refractivity contribution in [1.29, 1.82) is 0 Å². The Hall–Kier alpha value is -1.89. The summed E-state index contributed by atoms with van der Waals surface area (Å²) in [5.74, 6) is -0.0489. The van der Waals surface area contributed by atoms with E-state index in [0.29, 0.717) is 23.6 Å². The van der Waals surface area contributed by atoms with Gasteiger partial charge >= 0.3 is 0 Å². The number of sulfonamides is 1. The molecular weight excluding hydrogens is 336 g/mol. The number of anilines is 1. The highest BCUT2D eigenvalue weighted by atomic mass is 35.5. The van der Waals surface area contributed by atoms with Crippen molar-refractivity contribution in [3.63, 3.8) is 0 Å². The van der Waals surface area contributed by atoms with Crippen molar-refractivity contribution < 1.29 is 13.2 Å². The summed E-state index contributed by atoms with van der Waals surface area (Å²) in [4.78, 5) is 11.5. The first kappa shape index (κ1) is 16.0. The van der Waals surface area contributed by atoms with Crippen LogP contribution in [0, 0.1) is 0 Å². The number of amides is 1. The van der Waals surface area contributed by atoms with Crippen LogP contribution in [0.5, 0.6) is 0 Å². The van der Waals surface area contributed by atoms with E-state index < -0.39 is 10.0 Å². The fourth-order valence-corrected chi connectivity index (χ4v) is 3.72. The molecule has 2 aromatic rings. The lowest BCUT2D eigenvalue weighted by Crippen LogP contribution is -2.24. The minimum absolute atomic E-state index is 0.0489. The summed E-state index contributed by atoms with van der Waals surface area (Å²) >= 11 is 5.89. The van der Waals surface area contributed by atoms with E-state index in [1.54, 1.807) is 36.4 Å². The summed E-state index contributed by atoms with van der Waals surface area (Å²) in [7, 11) is -3.62. The lowest BCUT2D eigenvalue weighted by molar-refractivity contribution is -0.116. The molecule has 0 bridgehead atoms. The molecule has 0 aromatic heterocycles. The normalized spacial score (nSPS) is 14.2. The zero-order valence-electron chi connectivity index (χ0n) is 12.2. The fourth-order valence-electron chi connectivity index (χ4n) is 2.44. The molecule has 120 valence electrons. The lowest BCUT2D eigenvalue weighted by Gasteiger charge is -2.17. The second-order valence-corrected chi connectivity index (χ2v) is 7.52. The van der Waals surface area contributed by atoms with Gasteiger partial charge in [-0.3, -0.25) is 4.79 Å². The molecule has 0 saturated heterocycles. The highest BCUT2D eigenvalue weighted by Crippen LogP contribution is 2.25. The van der Waals surface area contributed by atoms with Crippen LogP contribution in [0.15, 0.2) is 47.4 Å². The van der Waals surface area contributed by atoms with Crippen molar-refractivity contribution in [2.75, 3.05) is 5.32 Å². The number of hydrogen-bond acceptors (Lipinski definition) is 3. The molecular formula is C16H15ClN2O3S. The molecule has 7 heteroatoms. The Bertz CT molecular complexity index is 865.